The van der Waals surface area contributed by atoms with E-state index in [1.807, 2.05) is 17.5 Å². The highest BCUT2D eigenvalue weighted by Crippen LogP contribution is 2.38. The number of primary amides is 1. The highest BCUT2D eigenvalue weighted by Gasteiger charge is 2.25. The van der Waals surface area contributed by atoms with Gasteiger partial charge in [-0.1, -0.05) is 17.8 Å². The van der Waals surface area contributed by atoms with Crippen LogP contribution in [0.3, 0.4) is 0 Å². The fourth-order valence-corrected chi connectivity index (χ4v) is 5.83. The van der Waals surface area contributed by atoms with E-state index in [0.29, 0.717) is 21.5 Å². The van der Waals surface area contributed by atoms with Gasteiger partial charge in [0.25, 0.3) is 5.91 Å². The second-order valence-corrected chi connectivity index (χ2v) is 9.26. The van der Waals surface area contributed by atoms with E-state index in [4.69, 9.17) is 11.6 Å². The third-order valence-corrected chi connectivity index (χ3v) is 7.43. The fraction of sp³-hybridized carbons (Fsp3) is 0.294. The number of carbonyl (C=O) groups is 2. The summed E-state index contributed by atoms with van der Waals surface area (Å²) >= 11 is 4.15. The van der Waals surface area contributed by atoms with Crippen LogP contribution in [0.25, 0.3) is 10.7 Å². The van der Waals surface area contributed by atoms with Crippen molar-refractivity contribution >= 4 is 51.3 Å². The summed E-state index contributed by atoms with van der Waals surface area (Å²) in [5, 5.41) is 13.9. The summed E-state index contributed by atoms with van der Waals surface area (Å²) < 4.78 is 1.38. The number of nitrogens with one attached hydrogen (secondary N) is 1. The number of nitrogens with two attached hydrogens (primary N) is 2. The van der Waals surface area contributed by atoms with Gasteiger partial charge in [0.2, 0.25) is 11.1 Å². The molecule has 5 N–H and O–H groups in total. The van der Waals surface area contributed by atoms with Crippen LogP contribution in [0.2, 0.25) is 0 Å². The molecule has 0 aliphatic heterocycles. The Morgan fingerprint density at radius 1 is 1.29 bits per heavy atom. The highest BCUT2D eigenvalue weighted by molar-refractivity contribution is 7.99. The largest absolute Gasteiger partial charge is 0.365 e. The first-order valence-corrected chi connectivity index (χ1v) is 11.3. The number of thiophene rings is 2. The zero-order chi connectivity index (χ0) is 19.7. The molecule has 0 atom stereocenters. The Bertz CT molecular complexity index is 1020. The minimum Gasteiger partial charge on any atom is -0.365 e. The van der Waals surface area contributed by atoms with Crippen LogP contribution in [0.1, 0.15) is 33.6 Å². The summed E-state index contributed by atoms with van der Waals surface area (Å²) in [5.41, 5.74) is 7.02. The number of rotatable bonds is 6. The van der Waals surface area contributed by atoms with Gasteiger partial charge in [-0.3, -0.25) is 9.59 Å². The molecule has 0 saturated carbocycles. The lowest BCUT2D eigenvalue weighted by Gasteiger charge is -2.11. The number of aromatic nitrogens is 3. The minimum atomic E-state index is -0.496. The van der Waals surface area contributed by atoms with Crippen LogP contribution in [-0.2, 0) is 17.6 Å². The molecule has 11 heteroatoms. The Morgan fingerprint density at radius 2 is 2.11 bits per heavy atom. The topological polar surface area (TPSA) is 129 Å². The zero-order valence-electron chi connectivity index (χ0n) is 14.8. The van der Waals surface area contributed by atoms with Crippen LogP contribution in [0.15, 0.2) is 22.7 Å². The first-order valence-electron chi connectivity index (χ1n) is 8.66. The molecule has 0 fully saturated rings. The Labute approximate surface area is 173 Å². The molecule has 146 valence electrons. The average Bonchev–Trinajstić information content (AvgIpc) is 3.38. The van der Waals surface area contributed by atoms with E-state index in [1.165, 1.54) is 39.1 Å². The van der Waals surface area contributed by atoms with Gasteiger partial charge in [0.15, 0.2) is 5.82 Å². The number of carbonyl (C=O) groups excluding carboxylic acids is 2. The van der Waals surface area contributed by atoms with Gasteiger partial charge in [-0.25, -0.2) is 4.68 Å². The number of nitrogens with zero attached hydrogens (tertiary/aromatic N) is 3. The number of nitrogen functional groups attached to an aromatic ring is 1. The number of hydrogen-bond acceptors (Lipinski definition) is 8. The van der Waals surface area contributed by atoms with Crippen LogP contribution in [0, 0.1) is 0 Å². The van der Waals surface area contributed by atoms with Gasteiger partial charge >= 0.3 is 0 Å². The molecule has 1 aliphatic rings. The lowest BCUT2D eigenvalue weighted by molar-refractivity contribution is -0.113. The molecular weight excluding hydrogens is 416 g/mol. The third kappa shape index (κ3) is 3.64. The van der Waals surface area contributed by atoms with E-state index in [0.717, 1.165) is 41.0 Å². The molecule has 8 nitrogen and oxygen atoms in total. The SMILES string of the molecule is NC(=O)c1c(NC(=O)CSc2nnc(-c3cccs3)n2N)sc2c1CCCC2. The van der Waals surface area contributed by atoms with Crippen molar-refractivity contribution in [1.29, 1.82) is 0 Å². The maximum absolute atomic E-state index is 12.4. The monoisotopic (exact) mass is 434 g/mol. The van der Waals surface area contributed by atoms with E-state index in [-0.39, 0.29) is 11.7 Å². The van der Waals surface area contributed by atoms with Crippen molar-refractivity contribution in [2.75, 3.05) is 16.9 Å². The van der Waals surface area contributed by atoms with E-state index in [1.54, 1.807) is 0 Å². The smallest absolute Gasteiger partial charge is 0.251 e. The Hall–Kier alpha value is -2.37. The van der Waals surface area contributed by atoms with Crippen molar-refractivity contribution < 1.29 is 9.59 Å². The summed E-state index contributed by atoms with van der Waals surface area (Å²) in [4.78, 5) is 26.4. The number of anilines is 1. The Kier molecular flexibility index (Phi) is 5.38. The van der Waals surface area contributed by atoms with Crippen LogP contribution >= 0.6 is 34.4 Å². The van der Waals surface area contributed by atoms with Crippen molar-refractivity contribution in [1.82, 2.24) is 14.9 Å². The standard InChI is InChI=1S/C17H18N6O2S3/c18-14(25)13-9-4-1-2-5-10(9)28-16(13)20-12(24)8-27-17-22-21-15(23(17)19)11-6-3-7-26-11/h3,6-7H,1-2,4-5,8,19H2,(H2,18,25)(H,20,24). The van der Waals surface area contributed by atoms with E-state index < -0.39 is 5.91 Å². The van der Waals surface area contributed by atoms with E-state index >= 15 is 0 Å². The highest BCUT2D eigenvalue weighted by atomic mass is 32.2. The summed E-state index contributed by atoms with van der Waals surface area (Å²) in [6, 6.07) is 3.81. The third-order valence-electron chi connectivity index (χ3n) is 4.41. The molecule has 0 spiro atoms. The molecular formula is C17H18N6O2S3. The molecule has 0 aromatic carbocycles. The molecule has 0 unspecified atom stereocenters. The summed E-state index contributed by atoms with van der Waals surface area (Å²) in [7, 11) is 0. The normalized spacial score (nSPS) is 13.3. The van der Waals surface area contributed by atoms with Crippen LogP contribution in [0.4, 0.5) is 5.00 Å². The van der Waals surface area contributed by atoms with Crippen molar-refractivity contribution in [3.05, 3.63) is 33.5 Å². The molecule has 1 aliphatic carbocycles. The number of hydrogen-bond donors (Lipinski definition) is 3. The summed E-state index contributed by atoms with van der Waals surface area (Å²) in [5.74, 6) is 5.96. The Morgan fingerprint density at radius 3 is 2.86 bits per heavy atom. The van der Waals surface area contributed by atoms with Crippen molar-refractivity contribution in [2.24, 2.45) is 5.73 Å². The van der Waals surface area contributed by atoms with Gasteiger partial charge in [0.1, 0.15) is 5.00 Å². The first-order chi connectivity index (χ1) is 13.5. The quantitative estimate of drug-likeness (QED) is 0.404. The average molecular weight is 435 g/mol. The van der Waals surface area contributed by atoms with Crippen LogP contribution < -0.4 is 16.9 Å². The Balaban J connectivity index is 1.45. The second-order valence-electron chi connectivity index (χ2n) is 6.27. The maximum Gasteiger partial charge on any atom is 0.251 e. The zero-order valence-corrected chi connectivity index (χ0v) is 17.3. The van der Waals surface area contributed by atoms with Gasteiger partial charge < -0.3 is 16.9 Å². The van der Waals surface area contributed by atoms with Gasteiger partial charge in [-0.15, -0.1) is 32.9 Å². The fourth-order valence-electron chi connectivity index (χ4n) is 3.16. The van der Waals surface area contributed by atoms with Crippen molar-refractivity contribution in [3.63, 3.8) is 0 Å². The van der Waals surface area contributed by atoms with E-state index in [2.05, 4.69) is 15.5 Å². The van der Waals surface area contributed by atoms with Gasteiger partial charge in [0.05, 0.1) is 16.2 Å². The molecule has 3 aromatic heterocycles. The predicted octanol–water partition coefficient (Wildman–Crippen LogP) is 2.49. The molecule has 3 aromatic rings. The number of fused-ring (bicyclic) bond motifs is 1. The second kappa shape index (κ2) is 7.94. The molecule has 4 rings (SSSR count). The van der Waals surface area contributed by atoms with Gasteiger partial charge in [-0.2, -0.15) is 0 Å². The lowest BCUT2D eigenvalue weighted by atomic mass is 9.95. The lowest BCUT2D eigenvalue weighted by Crippen LogP contribution is -2.20. The minimum absolute atomic E-state index is 0.0978. The summed E-state index contributed by atoms with van der Waals surface area (Å²) in [6.07, 6.45) is 3.88. The predicted molar refractivity (Wildman–Crippen MR) is 112 cm³/mol. The van der Waals surface area contributed by atoms with Crippen LogP contribution in [0.5, 0.6) is 0 Å². The number of amides is 2. The number of thioether (sulfide) groups is 1. The number of aryl methyl sites for hydroxylation is 1. The van der Waals surface area contributed by atoms with Gasteiger partial charge in [0, 0.05) is 4.88 Å². The molecule has 3 heterocycles. The van der Waals surface area contributed by atoms with Crippen molar-refractivity contribution in [2.45, 2.75) is 30.8 Å². The molecule has 0 bridgehead atoms. The van der Waals surface area contributed by atoms with E-state index in [9.17, 15) is 9.59 Å². The van der Waals surface area contributed by atoms with Gasteiger partial charge in [-0.05, 0) is 42.7 Å². The van der Waals surface area contributed by atoms with Crippen LogP contribution in [-0.4, -0.2) is 32.4 Å². The summed E-state index contributed by atoms with van der Waals surface area (Å²) in [6.45, 7) is 0. The molecule has 0 radical (unpaired) electrons. The molecule has 2 amide bonds. The maximum atomic E-state index is 12.4. The molecule has 28 heavy (non-hydrogen) atoms. The van der Waals surface area contributed by atoms with Crippen molar-refractivity contribution in [3.8, 4) is 10.7 Å². The first kappa shape index (κ1) is 19.0. The molecule has 0 saturated heterocycles.